The largest absolute Gasteiger partial charge is 0.495 e. The van der Waals surface area contributed by atoms with E-state index in [1.165, 1.54) is 11.4 Å². The molecule has 1 fully saturated rings. The fraction of sp³-hybridized carbons (Fsp3) is 0.350. The van der Waals surface area contributed by atoms with Crippen LogP contribution in [0.4, 0.5) is 5.69 Å². The summed E-state index contributed by atoms with van der Waals surface area (Å²) < 4.78 is 32.3. The lowest BCUT2D eigenvalue weighted by Crippen LogP contribution is -2.44. The summed E-state index contributed by atoms with van der Waals surface area (Å²) in [5.74, 6) is -0.232. The molecule has 0 bridgehead atoms. The Morgan fingerprint density at radius 3 is 2.68 bits per heavy atom. The van der Waals surface area contributed by atoms with Crippen LogP contribution in [-0.4, -0.2) is 38.8 Å². The molecule has 2 aromatic carbocycles. The van der Waals surface area contributed by atoms with Gasteiger partial charge in [0.25, 0.3) is 0 Å². The minimum atomic E-state index is -3.57. The summed E-state index contributed by atoms with van der Waals surface area (Å²) in [6.45, 7) is 0.568. The van der Waals surface area contributed by atoms with Crippen LogP contribution >= 0.6 is 11.6 Å². The van der Waals surface area contributed by atoms with Crippen LogP contribution in [0.5, 0.6) is 5.75 Å². The molecule has 1 aliphatic rings. The zero-order valence-corrected chi connectivity index (χ0v) is 17.2. The van der Waals surface area contributed by atoms with E-state index in [1.54, 1.807) is 42.5 Å². The quantitative estimate of drug-likeness (QED) is 0.772. The second-order valence-electron chi connectivity index (χ2n) is 6.73. The molecule has 1 amide bonds. The number of ether oxygens (including phenoxy) is 1. The molecule has 0 saturated carbocycles. The molecule has 3 rings (SSSR count). The van der Waals surface area contributed by atoms with Crippen molar-refractivity contribution in [2.75, 3.05) is 25.5 Å². The summed E-state index contributed by atoms with van der Waals surface area (Å²) >= 11 is 6.11. The highest BCUT2D eigenvalue weighted by molar-refractivity contribution is 7.88. The molecule has 6 nitrogen and oxygen atoms in total. The van der Waals surface area contributed by atoms with E-state index in [-0.39, 0.29) is 18.2 Å². The van der Waals surface area contributed by atoms with E-state index in [0.717, 1.165) is 0 Å². The molecule has 1 unspecified atom stereocenters. The van der Waals surface area contributed by atoms with Crippen molar-refractivity contribution in [3.05, 3.63) is 59.1 Å². The molecule has 2 aromatic rings. The Balaban J connectivity index is 1.69. The maximum Gasteiger partial charge on any atom is 0.228 e. The summed E-state index contributed by atoms with van der Waals surface area (Å²) in [5.41, 5.74) is 1.14. The van der Waals surface area contributed by atoms with E-state index < -0.39 is 15.9 Å². The smallest absolute Gasteiger partial charge is 0.228 e. The molecule has 0 aromatic heterocycles. The maximum absolute atomic E-state index is 12.8. The monoisotopic (exact) mass is 422 g/mol. The zero-order valence-electron chi connectivity index (χ0n) is 15.6. The first-order valence-electron chi connectivity index (χ1n) is 9.06. The third-order valence-electron chi connectivity index (χ3n) is 4.81. The van der Waals surface area contributed by atoms with E-state index in [4.69, 9.17) is 16.3 Å². The Hall–Kier alpha value is -2.09. The first-order chi connectivity index (χ1) is 13.4. The van der Waals surface area contributed by atoms with Crippen LogP contribution in [0, 0.1) is 5.92 Å². The number of nitrogens with zero attached hydrogens (tertiary/aromatic N) is 1. The van der Waals surface area contributed by atoms with E-state index >= 15 is 0 Å². The number of hydrogen-bond donors (Lipinski definition) is 1. The highest BCUT2D eigenvalue weighted by atomic mass is 35.5. The molecular formula is C20H23ClN2O4S. The molecule has 0 radical (unpaired) electrons. The van der Waals surface area contributed by atoms with E-state index in [0.29, 0.717) is 41.4 Å². The summed E-state index contributed by atoms with van der Waals surface area (Å²) in [7, 11) is -2.03. The Morgan fingerprint density at radius 1 is 1.21 bits per heavy atom. The van der Waals surface area contributed by atoms with Gasteiger partial charge in [-0.05, 0) is 36.6 Å². The van der Waals surface area contributed by atoms with Gasteiger partial charge in [-0.25, -0.2) is 12.7 Å². The van der Waals surface area contributed by atoms with Crippen LogP contribution < -0.4 is 10.1 Å². The molecule has 1 saturated heterocycles. The number of nitrogens with one attached hydrogen (secondary N) is 1. The van der Waals surface area contributed by atoms with Gasteiger partial charge in [0.1, 0.15) is 5.75 Å². The molecule has 1 heterocycles. The average Bonchev–Trinajstić information content (AvgIpc) is 2.70. The summed E-state index contributed by atoms with van der Waals surface area (Å²) in [5, 5.41) is 3.28. The number of methoxy groups -OCH3 is 1. The Kier molecular flexibility index (Phi) is 6.59. The van der Waals surface area contributed by atoms with E-state index in [1.807, 2.05) is 6.07 Å². The second-order valence-corrected chi connectivity index (χ2v) is 9.11. The van der Waals surface area contributed by atoms with Crippen molar-refractivity contribution in [3.8, 4) is 5.75 Å². The normalized spacial score (nSPS) is 17.9. The Morgan fingerprint density at radius 2 is 1.93 bits per heavy atom. The van der Waals surface area contributed by atoms with Gasteiger partial charge in [0, 0.05) is 18.1 Å². The van der Waals surface area contributed by atoms with Gasteiger partial charge in [-0.1, -0.05) is 41.9 Å². The molecule has 8 heteroatoms. The van der Waals surface area contributed by atoms with Crippen molar-refractivity contribution in [3.63, 3.8) is 0 Å². The third kappa shape index (κ3) is 4.84. The molecular weight excluding hydrogens is 400 g/mol. The van der Waals surface area contributed by atoms with Gasteiger partial charge in [-0.15, -0.1) is 0 Å². The number of hydrogen-bond acceptors (Lipinski definition) is 4. The predicted molar refractivity (Wildman–Crippen MR) is 110 cm³/mol. The minimum absolute atomic E-state index is 0.160. The zero-order chi connectivity index (χ0) is 20.1. The van der Waals surface area contributed by atoms with E-state index in [9.17, 15) is 13.2 Å². The number of para-hydroxylation sites is 2. The van der Waals surface area contributed by atoms with Crippen LogP contribution in [0.1, 0.15) is 18.4 Å². The molecule has 0 aliphatic carbocycles. The second kappa shape index (κ2) is 8.94. The number of rotatable bonds is 6. The van der Waals surface area contributed by atoms with Crippen molar-refractivity contribution < 1.29 is 17.9 Å². The van der Waals surface area contributed by atoms with Gasteiger partial charge in [-0.3, -0.25) is 4.79 Å². The average molecular weight is 423 g/mol. The summed E-state index contributed by atoms with van der Waals surface area (Å²) in [4.78, 5) is 12.7. The fourth-order valence-corrected chi connectivity index (χ4v) is 5.22. The number of carbonyl (C=O) groups is 1. The third-order valence-corrected chi connectivity index (χ3v) is 6.97. The van der Waals surface area contributed by atoms with Gasteiger partial charge in [0.05, 0.1) is 24.5 Å². The van der Waals surface area contributed by atoms with Gasteiger partial charge in [0.2, 0.25) is 15.9 Å². The lowest BCUT2D eigenvalue weighted by Gasteiger charge is -2.31. The van der Waals surface area contributed by atoms with Crippen molar-refractivity contribution in [1.29, 1.82) is 0 Å². The highest BCUT2D eigenvalue weighted by Gasteiger charge is 2.33. The molecule has 1 aliphatic heterocycles. The lowest BCUT2D eigenvalue weighted by atomic mass is 9.98. The topological polar surface area (TPSA) is 75.7 Å². The van der Waals surface area contributed by atoms with Gasteiger partial charge in [-0.2, -0.15) is 0 Å². The van der Waals surface area contributed by atoms with Crippen LogP contribution in [0.3, 0.4) is 0 Å². The standard InChI is InChI=1S/C20H23ClN2O4S/c1-27-19-11-5-4-10-18(19)22-20(24)15-8-6-12-23(13-15)28(25,26)14-16-7-2-3-9-17(16)21/h2-5,7,9-11,15H,6,8,12-14H2,1H3,(H,22,24). The first-order valence-corrected chi connectivity index (χ1v) is 11.0. The highest BCUT2D eigenvalue weighted by Crippen LogP contribution is 2.27. The van der Waals surface area contributed by atoms with E-state index in [2.05, 4.69) is 5.32 Å². The maximum atomic E-state index is 12.8. The first kappa shape index (κ1) is 20.6. The number of benzene rings is 2. The molecule has 1 atom stereocenters. The summed E-state index contributed by atoms with van der Waals surface area (Å²) in [6, 6.07) is 14.0. The SMILES string of the molecule is COc1ccccc1NC(=O)C1CCCN(S(=O)(=O)Cc2ccccc2Cl)C1. The number of amides is 1. The van der Waals surface area contributed by atoms with Crippen molar-refractivity contribution in [2.45, 2.75) is 18.6 Å². The number of halogens is 1. The Bertz CT molecular complexity index is 949. The number of piperidine rings is 1. The molecule has 28 heavy (non-hydrogen) atoms. The number of sulfonamides is 1. The predicted octanol–water partition coefficient (Wildman–Crippen LogP) is 3.53. The van der Waals surface area contributed by atoms with Crippen LogP contribution in [0.25, 0.3) is 0 Å². The van der Waals surface area contributed by atoms with Crippen molar-refractivity contribution in [1.82, 2.24) is 4.31 Å². The lowest BCUT2D eigenvalue weighted by molar-refractivity contribution is -0.120. The molecule has 1 N–H and O–H groups in total. The van der Waals surface area contributed by atoms with Crippen molar-refractivity contribution in [2.24, 2.45) is 5.92 Å². The van der Waals surface area contributed by atoms with Gasteiger partial charge >= 0.3 is 0 Å². The molecule has 150 valence electrons. The van der Waals surface area contributed by atoms with Crippen molar-refractivity contribution >= 4 is 33.2 Å². The van der Waals surface area contributed by atoms with Crippen LogP contribution in [0.2, 0.25) is 5.02 Å². The summed E-state index contributed by atoms with van der Waals surface area (Å²) in [6.07, 6.45) is 1.27. The van der Waals surface area contributed by atoms with Gasteiger partial charge in [0.15, 0.2) is 0 Å². The Labute approximate surface area is 170 Å². The number of anilines is 1. The van der Waals surface area contributed by atoms with Crippen LogP contribution in [-0.2, 0) is 20.6 Å². The fourth-order valence-electron chi connectivity index (χ4n) is 3.30. The minimum Gasteiger partial charge on any atom is -0.495 e. The van der Waals surface area contributed by atoms with Crippen LogP contribution in [0.15, 0.2) is 48.5 Å². The molecule has 0 spiro atoms. The number of carbonyl (C=O) groups excluding carboxylic acids is 1. The van der Waals surface area contributed by atoms with Gasteiger partial charge < -0.3 is 10.1 Å².